The molecule has 0 spiro atoms. The third-order valence-electron chi connectivity index (χ3n) is 2.58. The Morgan fingerprint density at radius 3 is 2.94 bits per heavy atom. The van der Waals surface area contributed by atoms with E-state index in [1.807, 2.05) is 36.1 Å². The minimum atomic E-state index is 0.435. The van der Waals surface area contributed by atoms with Gasteiger partial charge in [0.1, 0.15) is 10.8 Å². The Hall–Kier alpha value is -1.62. The normalized spacial score (nSPS) is 10.6. The molecule has 2 aromatic heterocycles. The third-order valence-corrected chi connectivity index (χ3v) is 2.79. The van der Waals surface area contributed by atoms with E-state index < -0.39 is 0 Å². The molecule has 4 nitrogen and oxygen atoms in total. The Morgan fingerprint density at radius 1 is 1.50 bits per heavy atom. The van der Waals surface area contributed by atoms with E-state index in [9.17, 15) is 0 Å². The molecule has 5 heteroatoms. The molecule has 0 bridgehead atoms. The second kappa shape index (κ2) is 4.49. The van der Waals surface area contributed by atoms with Crippen LogP contribution >= 0.6 is 12.2 Å². The molecule has 2 rings (SSSR count). The topological polar surface area (TPSA) is 48.8 Å². The number of nitrogens with zero attached hydrogens (tertiary/aromatic N) is 3. The lowest BCUT2D eigenvalue weighted by Crippen LogP contribution is -2.16. The van der Waals surface area contributed by atoms with Gasteiger partial charge in [-0.05, 0) is 12.1 Å². The smallest absolute Gasteiger partial charge is 0.120 e. The number of imidazole rings is 1. The van der Waals surface area contributed by atoms with Crippen LogP contribution in [0.2, 0.25) is 0 Å². The molecule has 0 fully saturated rings. The quantitative estimate of drug-likeness (QED) is 0.806. The molecular weight excluding hydrogens is 220 g/mol. The van der Waals surface area contributed by atoms with Crippen molar-refractivity contribution in [2.24, 2.45) is 12.8 Å². The Bertz CT molecular complexity index is 498. The second-order valence-corrected chi connectivity index (χ2v) is 4.10. The zero-order valence-corrected chi connectivity index (χ0v) is 9.94. The molecule has 0 radical (unpaired) electrons. The lowest BCUT2D eigenvalue weighted by Gasteiger charge is -2.07. The summed E-state index contributed by atoms with van der Waals surface area (Å²) in [6.07, 6.45) is 6.60. The number of hydrogen-bond acceptors (Lipinski definition) is 2. The summed E-state index contributed by atoms with van der Waals surface area (Å²) >= 11 is 4.98. The summed E-state index contributed by atoms with van der Waals surface area (Å²) in [5.41, 5.74) is 6.53. The summed E-state index contributed by atoms with van der Waals surface area (Å²) in [5, 5.41) is 0. The van der Waals surface area contributed by atoms with Crippen LogP contribution in [0.1, 0.15) is 11.5 Å². The Morgan fingerprint density at radius 2 is 2.31 bits per heavy atom. The van der Waals surface area contributed by atoms with Gasteiger partial charge >= 0.3 is 0 Å². The van der Waals surface area contributed by atoms with Gasteiger partial charge in [0, 0.05) is 38.6 Å². The lowest BCUT2D eigenvalue weighted by molar-refractivity contribution is 0.650. The standard InChI is InChI=1S/C11H14N4S/c1-14-8-5-13-10(14)4-7-15-6-2-3-9(15)11(12)16/h2-3,5-6,8H,4,7H2,1H3,(H2,12,16). The number of thiocarbonyl (C=S) groups is 1. The van der Waals surface area contributed by atoms with Crippen LogP contribution in [-0.4, -0.2) is 19.1 Å². The van der Waals surface area contributed by atoms with E-state index in [2.05, 4.69) is 9.55 Å². The fraction of sp³-hybridized carbons (Fsp3) is 0.273. The summed E-state index contributed by atoms with van der Waals surface area (Å²) in [5.74, 6) is 1.06. The van der Waals surface area contributed by atoms with Crippen LogP contribution in [0.3, 0.4) is 0 Å². The van der Waals surface area contributed by atoms with Crippen LogP contribution in [0.4, 0.5) is 0 Å². The van der Waals surface area contributed by atoms with Gasteiger partial charge in [-0.3, -0.25) is 0 Å². The van der Waals surface area contributed by atoms with Gasteiger partial charge in [0.15, 0.2) is 0 Å². The third kappa shape index (κ3) is 2.14. The molecule has 0 aromatic carbocycles. The molecule has 0 atom stereocenters. The van der Waals surface area contributed by atoms with Gasteiger partial charge in [-0.1, -0.05) is 12.2 Å². The van der Waals surface area contributed by atoms with Crippen molar-refractivity contribution in [3.8, 4) is 0 Å². The SMILES string of the molecule is Cn1ccnc1CCn1cccc1C(N)=S. The van der Waals surface area contributed by atoms with Crippen molar-refractivity contribution in [3.63, 3.8) is 0 Å². The van der Waals surface area contributed by atoms with Crippen molar-refractivity contribution in [3.05, 3.63) is 42.2 Å². The van der Waals surface area contributed by atoms with Crippen molar-refractivity contribution >= 4 is 17.2 Å². The van der Waals surface area contributed by atoms with E-state index in [4.69, 9.17) is 18.0 Å². The van der Waals surface area contributed by atoms with Crippen LogP contribution < -0.4 is 5.73 Å². The van der Waals surface area contributed by atoms with Crippen LogP contribution in [0.5, 0.6) is 0 Å². The number of rotatable bonds is 4. The van der Waals surface area contributed by atoms with Crippen molar-refractivity contribution in [1.82, 2.24) is 14.1 Å². The number of nitrogens with two attached hydrogens (primary N) is 1. The Labute approximate surface area is 99.7 Å². The van der Waals surface area contributed by atoms with Crippen molar-refractivity contribution in [1.29, 1.82) is 0 Å². The first-order valence-electron chi connectivity index (χ1n) is 5.09. The number of aromatic nitrogens is 3. The fourth-order valence-electron chi connectivity index (χ4n) is 1.69. The highest BCUT2D eigenvalue weighted by Gasteiger charge is 2.05. The van der Waals surface area contributed by atoms with Crippen LogP contribution in [0, 0.1) is 0 Å². The summed E-state index contributed by atoms with van der Waals surface area (Å²) in [6.45, 7) is 0.838. The highest BCUT2D eigenvalue weighted by molar-refractivity contribution is 7.80. The van der Waals surface area contributed by atoms with E-state index >= 15 is 0 Å². The van der Waals surface area contributed by atoms with E-state index in [0.717, 1.165) is 24.5 Å². The van der Waals surface area contributed by atoms with E-state index in [1.165, 1.54) is 0 Å². The minimum Gasteiger partial charge on any atom is -0.388 e. The molecule has 0 amide bonds. The molecule has 0 saturated carbocycles. The van der Waals surface area contributed by atoms with Crippen molar-refractivity contribution in [2.45, 2.75) is 13.0 Å². The molecule has 0 aliphatic carbocycles. The number of aryl methyl sites for hydroxylation is 3. The van der Waals surface area contributed by atoms with E-state index in [1.54, 1.807) is 6.20 Å². The number of hydrogen-bond donors (Lipinski definition) is 1. The van der Waals surface area contributed by atoms with E-state index in [0.29, 0.717) is 4.99 Å². The highest BCUT2D eigenvalue weighted by atomic mass is 32.1. The van der Waals surface area contributed by atoms with Gasteiger partial charge in [0.2, 0.25) is 0 Å². The van der Waals surface area contributed by atoms with Gasteiger partial charge in [0.05, 0.1) is 5.69 Å². The molecule has 16 heavy (non-hydrogen) atoms. The molecule has 0 aliphatic heterocycles. The van der Waals surface area contributed by atoms with Crippen LogP contribution in [0.15, 0.2) is 30.7 Å². The zero-order chi connectivity index (χ0) is 11.5. The largest absolute Gasteiger partial charge is 0.388 e. The zero-order valence-electron chi connectivity index (χ0n) is 9.13. The maximum absolute atomic E-state index is 5.63. The van der Waals surface area contributed by atoms with Gasteiger partial charge in [0.25, 0.3) is 0 Å². The predicted molar refractivity (Wildman–Crippen MR) is 67.2 cm³/mol. The molecule has 0 aliphatic rings. The van der Waals surface area contributed by atoms with Gasteiger partial charge < -0.3 is 14.9 Å². The van der Waals surface area contributed by atoms with Crippen molar-refractivity contribution in [2.75, 3.05) is 0 Å². The van der Waals surface area contributed by atoms with Gasteiger partial charge in [-0.2, -0.15) is 0 Å². The van der Waals surface area contributed by atoms with Crippen LogP contribution in [0.25, 0.3) is 0 Å². The van der Waals surface area contributed by atoms with Gasteiger partial charge in [-0.15, -0.1) is 0 Å². The average molecular weight is 234 g/mol. The minimum absolute atomic E-state index is 0.435. The van der Waals surface area contributed by atoms with Crippen molar-refractivity contribution < 1.29 is 0 Å². The monoisotopic (exact) mass is 234 g/mol. The predicted octanol–water partition coefficient (Wildman–Crippen LogP) is 1.10. The summed E-state index contributed by atoms with van der Waals surface area (Å²) in [6, 6.07) is 3.88. The molecule has 84 valence electrons. The average Bonchev–Trinajstić information content (AvgIpc) is 2.83. The van der Waals surface area contributed by atoms with Crippen LogP contribution in [-0.2, 0) is 20.0 Å². The highest BCUT2D eigenvalue weighted by Crippen LogP contribution is 2.05. The van der Waals surface area contributed by atoms with E-state index in [-0.39, 0.29) is 0 Å². The molecule has 0 unspecified atom stereocenters. The Kier molecular flexibility index (Phi) is 3.05. The Balaban J connectivity index is 2.08. The first kappa shape index (κ1) is 10.9. The first-order chi connectivity index (χ1) is 7.68. The maximum atomic E-state index is 5.63. The fourth-order valence-corrected chi connectivity index (χ4v) is 1.88. The van der Waals surface area contributed by atoms with Gasteiger partial charge in [-0.25, -0.2) is 4.98 Å². The molecular formula is C11H14N4S. The molecule has 2 aromatic rings. The maximum Gasteiger partial charge on any atom is 0.120 e. The summed E-state index contributed by atoms with van der Waals surface area (Å²) in [4.78, 5) is 4.71. The molecule has 2 heterocycles. The lowest BCUT2D eigenvalue weighted by atomic mass is 10.3. The summed E-state index contributed by atoms with van der Waals surface area (Å²) < 4.78 is 4.07. The summed E-state index contributed by atoms with van der Waals surface area (Å²) in [7, 11) is 1.99. The molecule has 2 N–H and O–H groups in total. The second-order valence-electron chi connectivity index (χ2n) is 3.66. The molecule has 0 saturated heterocycles. The first-order valence-corrected chi connectivity index (χ1v) is 5.50.